The second-order valence-corrected chi connectivity index (χ2v) is 29.0. The Labute approximate surface area is 468 Å². The van der Waals surface area contributed by atoms with Gasteiger partial charge in [-0.1, -0.05) is 172 Å². The standard InChI is InChI=1S/C74H73BN2S/c1-69(2)28-29-70(3,4)56-41-52(26-27-55(56)69)77-64-40-51(48-24-18-13-19-25-48)39-63-66(64)75(68-67(77)54-42-59-60(45-65(54)78-68)74(10)34-32-73(59,9)33-35-74)61-43-57-58(72(7,8)31-30-71(57,5)6)44-62(61)76(63)53-37-49(46-20-14-11-15-21-46)36-50(38-53)47-22-16-12-17-23-47/h11-27,36-45H,28-35H2,1-10H3. The SMILES string of the molecule is CC1(C)CCC(C)(C)c2cc(N3c4cc(-c5ccccc5)cc5c4B(c4cc6c(cc4N5c4cc(-c5ccccc5)cc(-c5ccccc5)c4)C(C)(C)CCC6(C)C)c4sc5cc6c(cc5c43)C3(C)CCC6(C)CC3)ccc21. The molecule has 0 radical (unpaired) electrons. The van der Waals surface area contributed by atoms with E-state index >= 15 is 0 Å². The maximum atomic E-state index is 2.79. The minimum atomic E-state index is 0.00946. The van der Waals surface area contributed by atoms with Crippen LogP contribution >= 0.6 is 11.3 Å². The molecule has 2 nitrogen and oxygen atoms in total. The number of rotatable bonds is 5. The van der Waals surface area contributed by atoms with Gasteiger partial charge in [0, 0.05) is 43.3 Å². The normalized spacial score (nSPS) is 22.3. The zero-order valence-corrected chi connectivity index (χ0v) is 48.4. The molecule has 0 N–H and O–H groups in total. The molecular formula is C74H73BN2S. The van der Waals surface area contributed by atoms with Crippen LogP contribution < -0.4 is 25.5 Å². The van der Waals surface area contributed by atoms with Gasteiger partial charge in [-0.2, -0.15) is 0 Å². The molecule has 1 aromatic heterocycles. The van der Waals surface area contributed by atoms with Crippen molar-refractivity contribution in [2.45, 2.75) is 153 Å². The van der Waals surface area contributed by atoms with Gasteiger partial charge in [0.2, 0.25) is 0 Å². The predicted octanol–water partition coefficient (Wildman–Crippen LogP) is 18.8. The second-order valence-electron chi connectivity index (χ2n) is 28.0. The summed E-state index contributed by atoms with van der Waals surface area (Å²) in [6.07, 6.45) is 9.76. The molecule has 7 aliphatic rings. The first-order valence-electron chi connectivity index (χ1n) is 29.4. The largest absolute Gasteiger partial charge is 0.311 e. The molecule has 0 spiro atoms. The molecule has 5 aliphatic carbocycles. The van der Waals surface area contributed by atoms with Crippen LogP contribution in [0.5, 0.6) is 0 Å². The maximum absolute atomic E-state index is 2.79. The van der Waals surface area contributed by atoms with Gasteiger partial charge in [0.15, 0.2) is 0 Å². The smallest absolute Gasteiger partial charge is 0.264 e. The highest BCUT2D eigenvalue weighted by Crippen LogP contribution is 2.60. The third-order valence-corrected chi connectivity index (χ3v) is 22.3. The molecule has 1 saturated carbocycles. The molecule has 16 rings (SSSR count). The Balaban J connectivity index is 1.10. The summed E-state index contributed by atoms with van der Waals surface area (Å²) in [7, 11) is 0. The predicted molar refractivity (Wildman–Crippen MR) is 336 cm³/mol. The van der Waals surface area contributed by atoms with Gasteiger partial charge in [-0.3, -0.25) is 0 Å². The zero-order chi connectivity index (χ0) is 53.5. The Morgan fingerprint density at radius 1 is 0.359 bits per heavy atom. The number of hydrogen-bond acceptors (Lipinski definition) is 3. The molecule has 1 fully saturated rings. The topological polar surface area (TPSA) is 6.48 Å². The quantitative estimate of drug-likeness (QED) is 0.159. The second kappa shape index (κ2) is 16.5. The number of hydrogen-bond donors (Lipinski definition) is 0. The Morgan fingerprint density at radius 2 is 0.821 bits per heavy atom. The molecule has 78 heavy (non-hydrogen) atoms. The van der Waals surface area contributed by atoms with Gasteiger partial charge in [-0.25, -0.2) is 0 Å². The summed E-state index contributed by atoms with van der Waals surface area (Å²) >= 11 is 2.10. The van der Waals surface area contributed by atoms with Gasteiger partial charge in [0.05, 0.1) is 5.69 Å². The molecule has 2 aliphatic heterocycles. The van der Waals surface area contributed by atoms with Crippen molar-refractivity contribution < 1.29 is 0 Å². The molecule has 388 valence electrons. The minimum absolute atomic E-state index is 0.00946. The van der Waals surface area contributed by atoms with E-state index in [4.69, 9.17) is 0 Å². The van der Waals surface area contributed by atoms with Gasteiger partial charge in [-0.15, -0.1) is 11.3 Å². The summed E-state index contributed by atoms with van der Waals surface area (Å²) in [5.41, 5.74) is 27.7. The van der Waals surface area contributed by atoms with E-state index in [2.05, 4.69) is 254 Å². The summed E-state index contributed by atoms with van der Waals surface area (Å²) < 4.78 is 2.91. The average molecular weight is 1030 g/mol. The van der Waals surface area contributed by atoms with Crippen molar-refractivity contribution in [2.75, 3.05) is 9.80 Å². The van der Waals surface area contributed by atoms with Crippen molar-refractivity contribution in [3.05, 3.63) is 197 Å². The first kappa shape index (κ1) is 48.5. The monoisotopic (exact) mass is 1030 g/mol. The lowest BCUT2D eigenvalue weighted by atomic mass is 9.35. The Morgan fingerprint density at radius 3 is 1.36 bits per heavy atom. The van der Waals surface area contributed by atoms with Crippen molar-refractivity contribution in [2.24, 2.45) is 0 Å². The fourth-order valence-corrected chi connectivity index (χ4v) is 17.2. The molecule has 0 atom stereocenters. The number of anilines is 6. The van der Waals surface area contributed by atoms with Crippen LogP contribution in [-0.4, -0.2) is 6.71 Å². The molecular weight excluding hydrogens is 960 g/mol. The van der Waals surface area contributed by atoms with E-state index in [1.54, 1.807) is 11.1 Å². The highest BCUT2D eigenvalue weighted by Gasteiger charge is 2.51. The van der Waals surface area contributed by atoms with Crippen LogP contribution in [0.4, 0.5) is 34.1 Å². The fourth-order valence-electron chi connectivity index (χ4n) is 15.9. The van der Waals surface area contributed by atoms with Crippen LogP contribution in [0.1, 0.15) is 154 Å². The van der Waals surface area contributed by atoms with Crippen molar-refractivity contribution >= 4 is 78.0 Å². The van der Waals surface area contributed by atoms with E-state index in [1.165, 1.54) is 160 Å². The van der Waals surface area contributed by atoms with E-state index in [9.17, 15) is 0 Å². The molecule has 0 saturated heterocycles. The van der Waals surface area contributed by atoms with Crippen LogP contribution in [0, 0.1) is 0 Å². The number of thiophene rings is 1. The van der Waals surface area contributed by atoms with Crippen LogP contribution in [0.25, 0.3) is 43.5 Å². The highest BCUT2D eigenvalue weighted by molar-refractivity contribution is 7.33. The molecule has 0 unspecified atom stereocenters. The third kappa shape index (κ3) is 7.06. The van der Waals surface area contributed by atoms with E-state index in [0.29, 0.717) is 0 Å². The lowest BCUT2D eigenvalue weighted by Crippen LogP contribution is -2.61. The van der Waals surface area contributed by atoms with E-state index in [-0.39, 0.29) is 39.2 Å². The molecule has 9 aromatic rings. The lowest BCUT2D eigenvalue weighted by molar-refractivity contribution is 0.188. The summed E-state index contributed by atoms with van der Waals surface area (Å²) in [4.78, 5) is 5.51. The minimum Gasteiger partial charge on any atom is -0.311 e. The van der Waals surface area contributed by atoms with Crippen LogP contribution in [0.2, 0.25) is 0 Å². The molecule has 0 amide bonds. The van der Waals surface area contributed by atoms with Crippen molar-refractivity contribution in [1.82, 2.24) is 0 Å². The van der Waals surface area contributed by atoms with Crippen LogP contribution in [-0.2, 0) is 32.5 Å². The Kier molecular flexibility index (Phi) is 10.2. The molecule has 4 heteroatoms. The summed E-state index contributed by atoms with van der Waals surface area (Å²) in [5.74, 6) is 0. The molecule has 3 heterocycles. The van der Waals surface area contributed by atoms with Gasteiger partial charge >= 0.3 is 0 Å². The number of fused-ring (bicyclic) bond motifs is 10. The van der Waals surface area contributed by atoms with E-state index < -0.39 is 0 Å². The summed E-state index contributed by atoms with van der Waals surface area (Å²) in [6.45, 7) is 25.1. The van der Waals surface area contributed by atoms with Crippen molar-refractivity contribution in [3.63, 3.8) is 0 Å². The summed E-state index contributed by atoms with van der Waals surface area (Å²) in [5, 5.41) is 1.42. The zero-order valence-electron chi connectivity index (χ0n) is 47.6. The molecule has 8 aromatic carbocycles. The van der Waals surface area contributed by atoms with Crippen molar-refractivity contribution in [3.8, 4) is 33.4 Å². The maximum Gasteiger partial charge on any atom is 0.264 e. The van der Waals surface area contributed by atoms with Gasteiger partial charge in [0.1, 0.15) is 0 Å². The first-order chi connectivity index (χ1) is 37.3. The third-order valence-electron chi connectivity index (χ3n) is 21.1. The van der Waals surface area contributed by atoms with Gasteiger partial charge < -0.3 is 9.80 Å². The number of nitrogens with zero attached hydrogens (tertiary/aromatic N) is 2. The van der Waals surface area contributed by atoms with Crippen LogP contribution in [0.15, 0.2) is 164 Å². The van der Waals surface area contributed by atoms with Gasteiger partial charge in [-0.05, 0) is 222 Å². The van der Waals surface area contributed by atoms with E-state index in [1.807, 2.05) is 0 Å². The highest BCUT2D eigenvalue weighted by atomic mass is 32.1. The Hall–Kier alpha value is -6.62. The summed E-state index contributed by atoms with van der Waals surface area (Å²) in [6, 6.07) is 64.4. The first-order valence-corrected chi connectivity index (χ1v) is 30.2. The Bertz CT molecular complexity index is 3900. The van der Waals surface area contributed by atoms with Gasteiger partial charge in [0.25, 0.3) is 6.71 Å². The lowest BCUT2D eigenvalue weighted by Gasteiger charge is -2.52. The van der Waals surface area contributed by atoms with Crippen LogP contribution in [0.3, 0.4) is 0 Å². The molecule has 2 bridgehead atoms. The average Bonchev–Trinajstić information content (AvgIpc) is 2.57. The van der Waals surface area contributed by atoms with Crippen molar-refractivity contribution in [1.29, 1.82) is 0 Å². The fraction of sp³-hybridized carbons (Fsp3) is 0.324. The van der Waals surface area contributed by atoms with E-state index in [0.717, 1.165) is 6.42 Å². The number of benzene rings is 8.